The van der Waals surface area contributed by atoms with Crippen molar-refractivity contribution in [1.82, 2.24) is 4.90 Å². The first kappa shape index (κ1) is 15.4. The summed E-state index contributed by atoms with van der Waals surface area (Å²) in [6, 6.07) is 12.1. The Labute approximate surface area is 139 Å². The van der Waals surface area contributed by atoms with Crippen molar-refractivity contribution >= 4 is 16.7 Å². The molecule has 2 atom stereocenters. The van der Waals surface area contributed by atoms with Crippen LogP contribution in [0.25, 0.3) is 10.8 Å². The summed E-state index contributed by atoms with van der Waals surface area (Å²) in [5.74, 6) is -0.623. The van der Waals surface area contributed by atoms with Gasteiger partial charge in [0.05, 0.1) is 5.92 Å². The number of aliphatic carboxylic acids is 1. The van der Waals surface area contributed by atoms with E-state index in [9.17, 15) is 14.4 Å². The molecule has 2 aliphatic heterocycles. The summed E-state index contributed by atoms with van der Waals surface area (Å²) in [6.45, 7) is 0.846. The fraction of sp³-hybridized carbons (Fsp3) is 0.421. The van der Waals surface area contributed by atoms with E-state index in [1.807, 2.05) is 12.1 Å². The summed E-state index contributed by atoms with van der Waals surface area (Å²) in [4.78, 5) is 17.5. The van der Waals surface area contributed by atoms with Crippen LogP contribution in [0.1, 0.15) is 31.2 Å². The Morgan fingerprint density at radius 1 is 1.12 bits per heavy atom. The van der Waals surface area contributed by atoms with Gasteiger partial charge in [0.15, 0.2) is 5.75 Å². The van der Waals surface area contributed by atoms with E-state index in [-0.39, 0.29) is 11.7 Å². The number of carboxylic acids is 1. The van der Waals surface area contributed by atoms with Crippen LogP contribution in [-0.2, 0) is 11.3 Å². The second kappa shape index (κ2) is 6.06. The lowest BCUT2D eigenvalue weighted by Crippen LogP contribution is -2.44. The van der Waals surface area contributed by atoms with E-state index >= 15 is 0 Å². The Kier molecular flexibility index (Phi) is 3.88. The van der Waals surface area contributed by atoms with Gasteiger partial charge in [0.1, 0.15) is 0 Å². The van der Waals surface area contributed by atoms with E-state index in [1.54, 1.807) is 12.1 Å². The molecule has 0 aromatic heterocycles. The predicted octanol–water partition coefficient (Wildman–Crippen LogP) is 3.93. The predicted molar refractivity (Wildman–Crippen MR) is 88.4 cm³/mol. The molecule has 2 aromatic rings. The number of nitrogens with zero attached hydrogens (tertiary/aromatic N) is 1. The Balaban J connectivity index is 1.53. The Morgan fingerprint density at radius 3 is 2.46 bits per heavy atom. The molecule has 5 heteroatoms. The summed E-state index contributed by atoms with van der Waals surface area (Å²) < 4.78 is 12.3. The zero-order chi connectivity index (χ0) is 16.7. The molecule has 4 rings (SSSR count). The van der Waals surface area contributed by atoms with Gasteiger partial charge in [-0.1, -0.05) is 18.2 Å². The van der Waals surface area contributed by atoms with Gasteiger partial charge in [0.25, 0.3) is 0 Å². The lowest BCUT2D eigenvalue weighted by atomic mass is 9.90. The number of rotatable bonds is 4. The molecule has 0 amide bonds. The number of piperidine rings is 1. The van der Waals surface area contributed by atoms with Gasteiger partial charge in [-0.05, 0) is 60.2 Å². The van der Waals surface area contributed by atoms with Crippen LogP contribution in [0.2, 0.25) is 0 Å². The number of fused-ring (bicyclic) bond motifs is 3. The monoisotopic (exact) mass is 329 g/mol. The van der Waals surface area contributed by atoms with Gasteiger partial charge in [-0.15, -0.1) is 0 Å². The standard InChI is InChI=1S/C19H20FNO3/c20-24-18-6-3-13-7-12(1-2-14(13)10-18)11-21-16-4-5-17(21)9-15(8-16)19(22)23/h1-3,6-7,10,15-17H,4-5,8-9,11H2,(H,22,23). The van der Waals surface area contributed by atoms with Crippen LogP contribution in [0.3, 0.4) is 0 Å². The van der Waals surface area contributed by atoms with Crippen LogP contribution in [0, 0.1) is 5.92 Å². The third-order valence-corrected chi connectivity index (χ3v) is 5.56. The van der Waals surface area contributed by atoms with Crippen molar-refractivity contribution in [3.8, 4) is 5.75 Å². The molecule has 0 saturated carbocycles. The van der Waals surface area contributed by atoms with Crippen molar-refractivity contribution in [2.75, 3.05) is 0 Å². The highest BCUT2D eigenvalue weighted by molar-refractivity contribution is 5.84. The molecular formula is C19H20FNO3. The molecule has 2 unspecified atom stereocenters. The average molecular weight is 329 g/mol. The zero-order valence-electron chi connectivity index (χ0n) is 13.3. The number of halogens is 1. The maximum atomic E-state index is 12.3. The Bertz CT molecular complexity index is 764. The van der Waals surface area contributed by atoms with Crippen LogP contribution >= 0.6 is 0 Å². The molecule has 2 saturated heterocycles. The molecule has 0 spiro atoms. The van der Waals surface area contributed by atoms with Crippen molar-refractivity contribution < 1.29 is 19.4 Å². The van der Waals surface area contributed by atoms with E-state index in [4.69, 9.17) is 0 Å². The quantitative estimate of drug-likeness (QED) is 0.923. The fourth-order valence-corrected chi connectivity index (χ4v) is 4.36. The molecule has 1 N–H and O–H groups in total. The number of carbonyl (C=O) groups is 1. The molecule has 4 nitrogen and oxygen atoms in total. The third kappa shape index (κ3) is 2.73. The number of carboxylic acid groups (broad SMARTS) is 1. The highest BCUT2D eigenvalue weighted by Gasteiger charge is 2.42. The average Bonchev–Trinajstić information content (AvgIpc) is 2.82. The zero-order valence-corrected chi connectivity index (χ0v) is 13.3. The summed E-state index contributed by atoms with van der Waals surface area (Å²) in [5.41, 5.74) is 1.21. The normalized spacial score (nSPS) is 26.6. The highest BCUT2D eigenvalue weighted by Crippen LogP contribution is 2.39. The minimum atomic E-state index is -0.650. The van der Waals surface area contributed by atoms with Gasteiger partial charge < -0.3 is 5.11 Å². The van der Waals surface area contributed by atoms with Gasteiger partial charge in [-0.3, -0.25) is 14.6 Å². The van der Waals surface area contributed by atoms with Crippen molar-refractivity contribution in [1.29, 1.82) is 0 Å². The first-order valence-electron chi connectivity index (χ1n) is 8.44. The minimum absolute atomic E-state index is 0.186. The Morgan fingerprint density at radius 2 is 1.79 bits per heavy atom. The minimum Gasteiger partial charge on any atom is -0.481 e. The first-order valence-corrected chi connectivity index (χ1v) is 8.44. The van der Waals surface area contributed by atoms with E-state index in [1.165, 1.54) is 5.56 Å². The SMILES string of the molecule is O=C(O)C1CC2CCC(C1)N2Cc1ccc2cc(OF)ccc2c1. The van der Waals surface area contributed by atoms with Crippen molar-refractivity contribution in [2.45, 2.75) is 44.3 Å². The topological polar surface area (TPSA) is 49.8 Å². The van der Waals surface area contributed by atoms with Gasteiger partial charge in [-0.25, -0.2) is 0 Å². The first-order chi connectivity index (χ1) is 11.6. The molecule has 2 aliphatic rings. The van der Waals surface area contributed by atoms with E-state index in [2.05, 4.69) is 22.0 Å². The molecule has 0 radical (unpaired) electrons. The number of hydrogen-bond acceptors (Lipinski definition) is 3. The van der Waals surface area contributed by atoms with E-state index in [0.29, 0.717) is 12.1 Å². The molecule has 2 fully saturated rings. The smallest absolute Gasteiger partial charge is 0.306 e. The highest BCUT2D eigenvalue weighted by atomic mass is 19.3. The second-order valence-corrected chi connectivity index (χ2v) is 6.98. The summed E-state index contributed by atoms with van der Waals surface area (Å²) in [6.07, 6.45) is 3.71. The molecule has 24 heavy (non-hydrogen) atoms. The van der Waals surface area contributed by atoms with Crippen LogP contribution in [0.4, 0.5) is 4.53 Å². The van der Waals surface area contributed by atoms with Crippen molar-refractivity contribution in [3.05, 3.63) is 42.0 Å². The number of hydrogen-bond donors (Lipinski definition) is 1. The molecule has 2 heterocycles. The van der Waals surface area contributed by atoms with E-state index < -0.39 is 5.97 Å². The molecule has 0 aliphatic carbocycles. The second-order valence-electron chi connectivity index (χ2n) is 6.98. The van der Waals surface area contributed by atoms with Gasteiger partial charge in [0, 0.05) is 23.2 Å². The maximum Gasteiger partial charge on any atom is 0.306 e. The lowest BCUT2D eigenvalue weighted by molar-refractivity contribution is -0.144. The van der Waals surface area contributed by atoms with Crippen molar-refractivity contribution in [3.63, 3.8) is 0 Å². The third-order valence-electron chi connectivity index (χ3n) is 5.56. The lowest BCUT2D eigenvalue weighted by Gasteiger charge is -2.37. The maximum absolute atomic E-state index is 12.3. The van der Waals surface area contributed by atoms with Crippen LogP contribution in [0.5, 0.6) is 5.75 Å². The van der Waals surface area contributed by atoms with Gasteiger partial charge in [-0.2, -0.15) is 0 Å². The largest absolute Gasteiger partial charge is 0.481 e. The summed E-state index contributed by atoms with van der Waals surface area (Å²) in [5, 5.41) is 11.3. The van der Waals surface area contributed by atoms with Gasteiger partial charge in [0.2, 0.25) is 0 Å². The molecule has 2 bridgehead atoms. The van der Waals surface area contributed by atoms with Crippen LogP contribution < -0.4 is 4.94 Å². The summed E-state index contributed by atoms with van der Waals surface area (Å²) in [7, 11) is 0. The molecular weight excluding hydrogens is 309 g/mol. The van der Waals surface area contributed by atoms with Crippen LogP contribution in [0.15, 0.2) is 36.4 Å². The van der Waals surface area contributed by atoms with Crippen molar-refractivity contribution in [2.24, 2.45) is 5.92 Å². The van der Waals surface area contributed by atoms with E-state index in [0.717, 1.165) is 43.0 Å². The fourth-order valence-electron chi connectivity index (χ4n) is 4.36. The molecule has 126 valence electrons. The summed E-state index contributed by atoms with van der Waals surface area (Å²) >= 11 is 0. The van der Waals surface area contributed by atoms with Gasteiger partial charge >= 0.3 is 5.97 Å². The molecule has 2 aromatic carbocycles. The van der Waals surface area contributed by atoms with Crippen LogP contribution in [-0.4, -0.2) is 28.1 Å². The Hall–Kier alpha value is -2.14. The number of benzene rings is 2.